The van der Waals surface area contributed by atoms with E-state index in [1.54, 1.807) is 0 Å². The lowest BCUT2D eigenvalue weighted by atomic mass is 10.1. The number of nitrogens with zero attached hydrogens (tertiary/aromatic N) is 2. The van der Waals surface area contributed by atoms with Gasteiger partial charge >= 0.3 is 5.97 Å². The Morgan fingerprint density at radius 2 is 2.06 bits per heavy atom. The Morgan fingerprint density at radius 1 is 1.39 bits per heavy atom. The van der Waals surface area contributed by atoms with Crippen LogP contribution in [-0.4, -0.2) is 26.0 Å². The molecule has 1 aromatic heterocycles. The van der Waals surface area contributed by atoms with Crippen LogP contribution in [0.1, 0.15) is 16.1 Å². The van der Waals surface area contributed by atoms with Gasteiger partial charge in [0.25, 0.3) is 0 Å². The average Bonchev–Trinajstić information content (AvgIpc) is 2.66. The first-order chi connectivity index (χ1) is 8.40. The van der Waals surface area contributed by atoms with Gasteiger partial charge in [-0.15, -0.1) is 0 Å². The maximum absolute atomic E-state index is 13.5. The van der Waals surface area contributed by atoms with Gasteiger partial charge in [-0.1, -0.05) is 0 Å². The minimum atomic E-state index is -1.18. The molecule has 0 saturated carbocycles. The van der Waals surface area contributed by atoms with Crippen LogP contribution in [0, 0.1) is 12.7 Å². The molecular formula is C12H11FN2O3. The molecule has 0 saturated heterocycles. The molecule has 0 spiro atoms. The standard InChI is InChI=1S/C12H11FN2O3/c1-6-3-11(16)7(4-8(6)13)10-5-9(12(17)18)14-15(10)2/h3-5,16H,1-2H3,(H,17,18). The maximum atomic E-state index is 13.5. The lowest BCUT2D eigenvalue weighted by molar-refractivity contribution is 0.0689. The predicted octanol–water partition coefficient (Wildman–Crippen LogP) is 1.94. The van der Waals surface area contributed by atoms with E-state index >= 15 is 0 Å². The van der Waals surface area contributed by atoms with Gasteiger partial charge in [0.1, 0.15) is 11.6 Å². The zero-order valence-corrected chi connectivity index (χ0v) is 9.81. The molecule has 0 amide bonds. The summed E-state index contributed by atoms with van der Waals surface area (Å²) in [6, 6.07) is 3.73. The highest BCUT2D eigenvalue weighted by atomic mass is 19.1. The van der Waals surface area contributed by atoms with Crippen molar-refractivity contribution in [2.75, 3.05) is 0 Å². The minimum absolute atomic E-state index is 0.117. The molecule has 0 unspecified atom stereocenters. The molecule has 0 aliphatic heterocycles. The number of halogens is 1. The SMILES string of the molecule is Cc1cc(O)c(-c2cc(C(=O)O)nn2C)cc1F. The van der Waals surface area contributed by atoms with E-state index in [2.05, 4.69) is 5.10 Å². The fourth-order valence-corrected chi connectivity index (χ4v) is 1.70. The van der Waals surface area contributed by atoms with Crippen LogP contribution in [0.5, 0.6) is 5.75 Å². The Labute approximate surface area is 102 Å². The molecule has 0 bridgehead atoms. The van der Waals surface area contributed by atoms with E-state index in [0.717, 1.165) is 6.07 Å². The van der Waals surface area contributed by atoms with Crippen LogP contribution in [-0.2, 0) is 7.05 Å². The summed E-state index contributed by atoms with van der Waals surface area (Å²) in [6.07, 6.45) is 0. The second-order valence-electron chi connectivity index (χ2n) is 3.96. The smallest absolute Gasteiger partial charge is 0.356 e. The van der Waals surface area contributed by atoms with E-state index in [9.17, 15) is 14.3 Å². The van der Waals surface area contributed by atoms with Crippen LogP contribution >= 0.6 is 0 Å². The first-order valence-electron chi connectivity index (χ1n) is 5.17. The van der Waals surface area contributed by atoms with Crippen LogP contribution in [0.2, 0.25) is 0 Å². The monoisotopic (exact) mass is 250 g/mol. The van der Waals surface area contributed by atoms with Gasteiger partial charge in [0.15, 0.2) is 5.69 Å². The van der Waals surface area contributed by atoms with Crippen LogP contribution in [0.25, 0.3) is 11.3 Å². The number of phenolic OH excluding ortho intramolecular Hbond substituents is 1. The molecule has 94 valence electrons. The topological polar surface area (TPSA) is 75.3 Å². The van der Waals surface area contributed by atoms with Gasteiger partial charge in [-0.25, -0.2) is 9.18 Å². The van der Waals surface area contributed by atoms with Crippen molar-refractivity contribution < 1.29 is 19.4 Å². The zero-order valence-electron chi connectivity index (χ0n) is 9.81. The molecule has 1 heterocycles. The molecule has 6 heteroatoms. The molecule has 18 heavy (non-hydrogen) atoms. The number of phenols is 1. The number of aromatic nitrogens is 2. The molecule has 0 radical (unpaired) electrons. The minimum Gasteiger partial charge on any atom is -0.507 e. The second kappa shape index (κ2) is 4.14. The van der Waals surface area contributed by atoms with Crippen molar-refractivity contribution in [1.82, 2.24) is 9.78 Å². The first kappa shape index (κ1) is 12.1. The van der Waals surface area contributed by atoms with Crippen LogP contribution in [0.15, 0.2) is 18.2 Å². The Kier molecular flexibility index (Phi) is 2.78. The number of carbonyl (C=O) groups is 1. The van der Waals surface area contributed by atoms with Crippen LogP contribution in [0.4, 0.5) is 4.39 Å². The summed E-state index contributed by atoms with van der Waals surface area (Å²) in [6.45, 7) is 1.53. The van der Waals surface area contributed by atoms with Crippen LogP contribution < -0.4 is 0 Å². The third-order valence-electron chi connectivity index (χ3n) is 2.65. The molecule has 2 aromatic rings. The molecule has 2 rings (SSSR count). The van der Waals surface area contributed by atoms with Crippen molar-refractivity contribution in [2.45, 2.75) is 6.92 Å². The highest BCUT2D eigenvalue weighted by molar-refractivity contribution is 5.87. The van der Waals surface area contributed by atoms with E-state index in [4.69, 9.17) is 5.11 Å². The number of aryl methyl sites for hydroxylation is 2. The quantitative estimate of drug-likeness (QED) is 0.854. The first-order valence-corrected chi connectivity index (χ1v) is 5.17. The van der Waals surface area contributed by atoms with E-state index in [1.165, 1.54) is 30.8 Å². The number of carboxylic acids is 1. The number of rotatable bonds is 2. The Hall–Kier alpha value is -2.37. The summed E-state index contributed by atoms with van der Waals surface area (Å²) in [5.74, 6) is -1.77. The highest BCUT2D eigenvalue weighted by Gasteiger charge is 2.16. The van der Waals surface area contributed by atoms with Gasteiger partial charge in [0.05, 0.1) is 5.69 Å². The van der Waals surface area contributed by atoms with E-state index in [1.807, 2.05) is 0 Å². The fraction of sp³-hybridized carbons (Fsp3) is 0.167. The predicted molar refractivity (Wildman–Crippen MR) is 62.0 cm³/mol. The summed E-state index contributed by atoms with van der Waals surface area (Å²) in [5.41, 5.74) is 0.703. The molecule has 1 aromatic carbocycles. The number of aromatic carboxylic acids is 1. The Bertz CT molecular complexity index is 634. The van der Waals surface area contributed by atoms with Gasteiger partial charge in [0, 0.05) is 12.6 Å². The third kappa shape index (κ3) is 1.92. The molecular weight excluding hydrogens is 239 g/mol. The summed E-state index contributed by atoms with van der Waals surface area (Å²) < 4.78 is 14.8. The molecule has 0 aliphatic rings. The molecule has 0 atom stereocenters. The van der Waals surface area contributed by atoms with E-state index in [-0.39, 0.29) is 17.0 Å². The lowest BCUT2D eigenvalue weighted by Crippen LogP contribution is -1.99. The zero-order chi connectivity index (χ0) is 13.4. The Balaban J connectivity index is 2.62. The number of carboxylic acid groups (broad SMARTS) is 1. The van der Waals surface area contributed by atoms with Crippen molar-refractivity contribution in [3.05, 3.63) is 35.3 Å². The van der Waals surface area contributed by atoms with Crippen molar-refractivity contribution in [1.29, 1.82) is 0 Å². The number of hydrogen-bond donors (Lipinski definition) is 2. The van der Waals surface area contributed by atoms with Gasteiger partial charge in [-0.2, -0.15) is 5.10 Å². The number of hydrogen-bond acceptors (Lipinski definition) is 3. The van der Waals surface area contributed by atoms with Gasteiger partial charge in [0.2, 0.25) is 0 Å². The van der Waals surface area contributed by atoms with Crippen molar-refractivity contribution in [3.8, 4) is 17.0 Å². The lowest BCUT2D eigenvalue weighted by Gasteiger charge is -2.06. The Morgan fingerprint density at radius 3 is 2.61 bits per heavy atom. The largest absolute Gasteiger partial charge is 0.507 e. The summed E-state index contributed by atoms with van der Waals surface area (Å²) >= 11 is 0. The second-order valence-corrected chi connectivity index (χ2v) is 3.96. The molecule has 5 nitrogen and oxygen atoms in total. The summed E-state index contributed by atoms with van der Waals surface area (Å²) in [7, 11) is 1.53. The van der Waals surface area contributed by atoms with Crippen molar-refractivity contribution >= 4 is 5.97 Å². The van der Waals surface area contributed by atoms with Gasteiger partial charge in [-0.05, 0) is 30.7 Å². The average molecular weight is 250 g/mol. The third-order valence-corrected chi connectivity index (χ3v) is 2.65. The van der Waals surface area contributed by atoms with Crippen molar-refractivity contribution in [3.63, 3.8) is 0 Å². The number of benzene rings is 1. The number of aromatic hydroxyl groups is 1. The molecule has 0 fully saturated rings. The van der Waals surface area contributed by atoms with E-state index < -0.39 is 11.8 Å². The highest BCUT2D eigenvalue weighted by Crippen LogP contribution is 2.31. The van der Waals surface area contributed by atoms with Crippen molar-refractivity contribution in [2.24, 2.45) is 7.05 Å². The summed E-state index contributed by atoms with van der Waals surface area (Å²) in [5, 5.41) is 22.4. The molecule has 2 N–H and O–H groups in total. The van der Waals surface area contributed by atoms with Gasteiger partial charge < -0.3 is 10.2 Å². The fourth-order valence-electron chi connectivity index (χ4n) is 1.70. The molecule has 0 aliphatic carbocycles. The van der Waals surface area contributed by atoms with E-state index in [0.29, 0.717) is 11.3 Å². The summed E-state index contributed by atoms with van der Waals surface area (Å²) in [4.78, 5) is 10.8. The van der Waals surface area contributed by atoms with Gasteiger partial charge in [-0.3, -0.25) is 4.68 Å². The normalized spacial score (nSPS) is 10.6. The maximum Gasteiger partial charge on any atom is 0.356 e. The van der Waals surface area contributed by atoms with Crippen LogP contribution in [0.3, 0.4) is 0 Å².